The van der Waals surface area contributed by atoms with E-state index in [1.54, 1.807) is 0 Å². The fourth-order valence-corrected chi connectivity index (χ4v) is 1.72. The zero-order valence-electron chi connectivity index (χ0n) is 10.7. The van der Waals surface area contributed by atoms with Crippen molar-refractivity contribution in [3.05, 3.63) is 0 Å². The van der Waals surface area contributed by atoms with Gasteiger partial charge in [-0.05, 0) is 13.3 Å². The molecule has 18 heavy (non-hydrogen) atoms. The van der Waals surface area contributed by atoms with Crippen molar-refractivity contribution in [3.8, 4) is 0 Å². The van der Waals surface area contributed by atoms with Gasteiger partial charge in [-0.2, -0.15) is 0 Å². The molecular weight excluding hydrogens is 240 g/mol. The number of carboxylic acids is 1. The lowest BCUT2D eigenvalue weighted by Gasteiger charge is -2.24. The van der Waals surface area contributed by atoms with E-state index in [9.17, 15) is 9.59 Å². The molecule has 1 saturated heterocycles. The maximum atomic E-state index is 11.6. The molecule has 104 valence electrons. The number of urea groups is 1. The SMILES string of the molecule is COC(CNC(=O)NC1(C)CCOC1)CC(=O)O. The molecule has 2 atom stereocenters. The molecule has 0 aromatic rings. The van der Waals surface area contributed by atoms with E-state index in [1.165, 1.54) is 7.11 Å². The first-order valence-corrected chi connectivity index (χ1v) is 5.83. The molecule has 1 heterocycles. The quantitative estimate of drug-likeness (QED) is 0.622. The van der Waals surface area contributed by atoms with Crippen LogP contribution in [0.15, 0.2) is 0 Å². The highest BCUT2D eigenvalue weighted by atomic mass is 16.5. The normalized spacial score (nSPS) is 24.6. The van der Waals surface area contributed by atoms with Gasteiger partial charge in [0.15, 0.2) is 0 Å². The molecule has 3 N–H and O–H groups in total. The Morgan fingerprint density at radius 3 is 2.78 bits per heavy atom. The second-order valence-electron chi connectivity index (χ2n) is 4.65. The second-order valence-corrected chi connectivity index (χ2v) is 4.65. The Morgan fingerprint density at radius 1 is 1.56 bits per heavy atom. The zero-order chi connectivity index (χ0) is 13.6. The van der Waals surface area contributed by atoms with E-state index in [-0.39, 0.29) is 24.5 Å². The smallest absolute Gasteiger partial charge is 0.315 e. The average molecular weight is 260 g/mol. The second kappa shape index (κ2) is 6.55. The third kappa shape index (κ3) is 4.89. The molecule has 0 aromatic carbocycles. The standard InChI is InChI=1S/C11H20N2O5/c1-11(3-4-18-7-11)13-10(16)12-6-8(17-2)5-9(14)15/h8H,3-7H2,1-2H3,(H,14,15)(H2,12,13,16). The minimum absolute atomic E-state index is 0.142. The van der Waals surface area contributed by atoms with E-state index in [0.29, 0.717) is 13.2 Å². The third-order valence-corrected chi connectivity index (χ3v) is 2.86. The zero-order valence-corrected chi connectivity index (χ0v) is 10.7. The molecule has 0 spiro atoms. The van der Waals surface area contributed by atoms with Crippen molar-refractivity contribution in [1.82, 2.24) is 10.6 Å². The van der Waals surface area contributed by atoms with Crippen LogP contribution >= 0.6 is 0 Å². The van der Waals surface area contributed by atoms with Crippen LogP contribution in [0.4, 0.5) is 4.79 Å². The van der Waals surface area contributed by atoms with Crippen LogP contribution in [-0.4, -0.2) is 55.6 Å². The van der Waals surface area contributed by atoms with Crippen LogP contribution in [0, 0.1) is 0 Å². The van der Waals surface area contributed by atoms with E-state index in [2.05, 4.69) is 10.6 Å². The predicted octanol–water partition coefficient (Wildman–Crippen LogP) is -0.0457. The number of amides is 2. The first-order valence-electron chi connectivity index (χ1n) is 5.83. The highest BCUT2D eigenvalue weighted by Crippen LogP contribution is 2.16. The molecule has 0 aromatic heterocycles. The maximum Gasteiger partial charge on any atom is 0.315 e. The van der Waals surface area contributed by atoms with Gasteiger partial charge in [0.1, 0.15) is 0 Å². The molecule has 1 rings (SSSR count). The molecule has 0 saturated carbocycles. The molecule has 2 amide bonds. The molecule has 2 unspecified atom stereocenters. The highest BCUT2D eigenvalue weighted by Gasteiger charge is 2.31. The summed E-state index contributed by atoms with van der Waals surface area (Å²) in [5, 5.41) is 14.0. The van der Waals surface area contributed by atoms with Crippen LogP contribution in [0.2, 0.25) is 0 Å². The Balaban J connectivity index is 2.29. The summed E-state index contributed by atoms with van der Waals surface area (Å²) in [5.41, 5.74) is -0.348. The van der Waals surface area contributed by atoms with Gasteiger partial charge in [-0.3, -0.25) is 4.79 Å². The summed E-state index contributed by atoms with van der Waals surface area (Å²) in [6.45, 7) is 3.19. The van der Waals surface area contributed by atoms with Crippen LogP contribution in [0.1, 0.15) is 19.8 Å². The van der Waals surface area contributed by atoms with Crippen LogP contribution < -0.4 is 10.6 Å². The number of methoxy groups -OCH3 is 1. The monoisotopic (exact) mass is 260 g/mol. The molecule has 7 heteroatoms. The number of carboxylic acid groups (broad SMARTS) is 1. The van der Waals surface area contributed by atoms with Crippen molar-refractivity contribution in [2.24, 2.45) is 0 Å². The summed E-state index contributed by atoms with van der Waals surface area (Å²) < 4.78 is 10.2. The van der Waals surface area contributed by atoms with Gasteiger partial charge >= 0.3 is 12.0 Å². The average Bonchev–Trinajstić information content (AvgIpc) is 2.70. The van der Waals surface area contributed by atoms with Gasteiger partial charge in [-0.25, -0.2) is 4.79 Å². The largest absolute Gasteiger partial charge is 0.481 e. The Bertz CT molecular complexity index is 302. The Hall–Kier alpha value is -1.34. The van der Waals surface area contributed by atoms with Gasteiger partial charge in [0, 0.05) is 20.3 Å². The van der Waals surface area contributed by atoms with Crippen molar-refractivity contribution in [2.75, 3.05) is 26.9 Å². The number of hydrogen-bond donors (Lipinski definition) is 3. The number of hydrogen-bond acceptors (Lipinski definition) is 4. The van der Waals surface area contributed by atoms with Crippen LogP contribution in [0.25, 0.3) is 0 Å². The van der Waals surface area contributed by atoms with Crippen LogP contribution in [-0.2, 0) is 14.3 Å². The fourth-order valence-electron chi connectivity index (χ4n) is 1.72. The van der Waals surface area contributed by atoms with E-state index in [4.69, 9.17) is 14.6 Å². The van der Waals surface area contributed by atoms with E-state index in [1.807, 2.05) is 6.92 Å². The first kappa shape index (κ1) is 14.7. The van der Waals surface area contributed by atoms with Gasteiger partial charge in [-0.1, -0.05) is 0 Å². The molecule has 1 aliphatic rings. The summed E-state index contributed by atoms with van der Waals surface area (Å²) in [4.78, 5) is 22.1. The minimum Gasteiger partial charge on any atom is -0.481 e. The van der Waals surface area contributed by atoms with Crippen LogP contribution in [0.3, 0.4) is 0 Å². The molecule has 0 aliphatic carbocycles. The topological polar surface area (TPSA) is 96.9 Å². The summed E-state index contributed by atoms with van der Waals surface area (Å²) in [5.74, 6) is -0.958. The summed E-state index contributed by atoms with van der Waals surface area (Å²) in [6, 6.07) is -0.338. The minimum atomic E-state index is -0.958. The molecule has 0 radical (unpaired) electrons. The Kier molecular flexibility index (Phi) is 5.36. The number of nitrogens with one attached hydrogen (secondary N) is 2. The number of ether oxygens (including phenoxy) is 2. The van der Waals surface area contributed by atoms with Crippen molar-refractivity contribution >= 4 is 12.0 Å². The lowest BCUT2D eigenvalue weighted by molar-refractivity contribution is -0.139. The van der Waals surface area contributed by atoms with Crippen molar-refractivity contribution in [2.45, 2.75) is 31.4 Å². The number of carbonyl (C=O) groups excluding carboxylic acids is 1. The highest BCUT2D eigenvalue weighted by molar-refractivity contribution is 5.75. The molecule has 1 fully saturated rings. The first-order chi connectivity index (χ1) is 8.45. The number of aliphatic carboxylic acids is 1. The van der Waals surface area contributed by atoms with E-state index in [0.717, 1.165) is 6.42 Å². The number of rotatable bonds is 6. The third-order valence-electron chi connectivity index (χ3n) is 2.86. The van der Waals surface area contributed by atoms with Gasteiger partial charge < -0.3 is 25.2 Å². The lowest BCUT2D eigenvalue weighted by Crippen LogP contribution is -2.52. The van der Waals surface area contributed by atoms with Crippen molar-refractivity contribution in [3.63, 3.8) is 0 Å². The lowest BCUT2D eigenvalue weighted by atomic mass is 10.0. The van der Waals surface area contributed by atoms with Crippen molar-refractivity contribution < 1.29 is 24.2 Å². The maximum absolute atomic E-state index is 11.6. The predicted molar refractivity (Wildman–Crippen MR) is 63.4 cm³/mol. The van der Waals surface area contributed by atoms with Crippen LogP contribution in [0.5, 0.6) is 0 Å². The van der Waals surface area contributed by atoms with Gasteiger partial charge in [0.05, 0.1) is 24.7 Å². The van der Waals surface area contributed by atoms with Gasteiger partial charge in [0.25, 0.3) is 0 Å². The summed E-state index contributed by atoms with van der Waals surface area (Å²) in [7, 11) is 1.42. The summed E-state index contributed by atoms with van der Waals surface area (Å²) >= 11 is 0. The Labute approximate surface area is 106 Å². The van der Waals surface area contributed by atoms with E-state index < -0.39 is 12.1 Å². The van der Waals surface area contributed by atoms with Crippen molar-refractivity contribution in [1.29, 1.82) is 0 Å². The molecule has 1 aliphatic heterocycles. The van der Waals surface area contributed by atoms with Gasteiger partial charge in [-0.15, -0.1) is 0 Å². The molecule has 0 bridgehead atoms. The Morgan fingerprint density at radius 2 is 2.28 bits per heavy atom. The summed E-state index contributed by atoms with van der Waals surface area (Å²) in [6.07, 6.45) is 0.0984. The van der Waals surface area contributed by atoms with Gasteiger partial charge in [0.2, 0.25) is 0 Å². The fraction of sp³-hybridized carbons (Fsp3) is 0.818. The molecular formula is C11H20N2O5. The molecule has 7 nitrogen and oxygen atoms in total. The van der Waals surface area contributed by atoms with E-state index >= 15 is 0 Å². The number of carbonyl (C=O) groups is 2.